The van der Waals surface area contributed by atoms with E-state index in [4.69, 9.17) is 21.3 Å². The van der Waals surface area contributed by atoms with Gasteiger partial charge in [0.2, 0.25) is 11.7 Å². The zero-order chi connectivity index (χ0) is 38.5. The largest absolute Gasteiger partial charge is 0.504 e. The minimum absolute atomic E-state index is 0.0228. The van der Waals surface area contributed by atoms with Crippen molar-refractivity contribution in [3.63, 3.8) is 0 Å². The molecule has 2 aromatic carbocycles. The van der Waals surface area contributed by atoms with Gasteiger partial charge in [0.05, 0.1) is 33.8 Å². The van der Waals surface area contributed by atoms with Crippen molar-refractivity contribution in [1.82, 2.24) is 34.0 Å². The van der Waals surface area contributed by atoms with Gasteiger partial charge >= 0.3 is 6.18 Å². The number of ether oxygens (including phenoxy) is 1. The molecule has 2 amide bonds. The third kappa shape index (κ3) is 6.84. The second-order valence-electron chi connectivity index (χ2n) is 13.1. The number of amides is 2. The van der Waals surface area contributed by atoms with Crippen LogP contribution in [0.25, 0.3) is 17.2 Å². The molecule has 0 bridgehead atoms. The van der Waals surface area contributed by atoms with Crippen LogP contribution < -0.4 is 15.8 Å². The zero-order valence-electron chi connectivity index (χ0n) is 29.4. The third-order valence-corrected chi connectivity index (χ3v) is 10.1. The van der Waals surface area contributed by atoms with Crippen molar-refractivity contribution in [2.24, 2.45) is 0 Å². The smallest absolute Gasteiger partial charge is 0.416 e. The molecule has 7 rings (SSSR count). The van der Waals surface area contributed by atoms with E-state index in [1.54, 1.807) is 18.6 Å². The fraction of sp³-hybridized carbons (Fsp3) is 0.361. The highest BCUT2D eigenvalue weighted by atomic mass is 35.5. The van der Waals surface area contributed by atoms with E-state index in [1.807, 2.05) is 30.0 Å². The van der Waals surface area contributed by atoms with Crippen molar-refractivity contribution >= 4 is 40.6 Å². The Bertz CT molecular complexity index is 2360. The molecular weight excluding hydrogens is 731 g/mol. The predicted molar refractivity (Wildman–Crippen MR) is 192 cm³/mol. The molecule has 1 atom stereocenters. The summed E-state index contributed by atoms with van der Waals surface area (Å²) < 4.78 is 48.1. The lowest BCUT2D eigenvalue weighted by Gasteiger charge is -2.36. The lowest BCUT2D eigenvalue weighted by molar-refractivity contribution is -0.137. The minimum Gasteiger partial charge on any atom is -0.504 e. The summed E-state index contributed by atoms with van der Waals surface area (Å²) in [4.78, 5) is 57.3. The Balaban J connectivity index is 1.25. The van der Waals surface area contributed by atoms with E-state index in [2.05, 4.69) is 20.4 Å². The van der Waals surface area contributed by atoms with E-state index in [1.165, 1.54) is 11.2 Å². The van der Waals surface area contributed by atoms with Crippen LogP contribution in [0.3, 0.4) is 0 Å². The highest BCUT2D eigenvalue weighted by molar-refractivity contribution is 6.33. The molecule has 1 unspecified atom stereocenters. The van der Waals surface area contributed by atoms with Crippen molar-refractivity contribution in [2.45, 2.75) is 51.9 Å². The predicted octanol–water partition coefficient (Wildman–Crippen LogP) is 4.31. The van der Waals surface area contributed by atoms with Crippen LogP contribution in [0.5, 0.6) is 5.75 Å². The molecule has 282 valence electrons. The maximum atomic E-state index is 14.4. The van der Waals surface area contributed by atoms with Crippen LogP contribution in [0.4, 0.5) is 24.5 Å². The molecule has 1 aliphatic heterocycles. The van der Waals surface area contributed by atoms with Crippen molar-refractivity contribution in [2.75, 3.05) is 43.5 Å². The molecular formula is C36H35ClF3N9O5. The van der Waals surface area contributed by atoms with Crippen molar-refractivity contribution in [3.8, 4) is 17.1 Å². The Kier molecular flexibility index (Phi) is 9.78. The van der Waals surface area contributed by atoms with Gasteiger partial charge in [-0.15, -0.1) is 5.10 Å². The van der Waals surface area contributed by atoms with Gasteiger partial charge in [0.25, 0.3) is 11.5 Å². The molecule has 0 radical (unpaired) electrons. The molecule has 14 nitrogen and oxygen atoms in total. The Morgan fingerprint density at radius 3 is 2.48 bits per heavy atom. The number of aromatic nitrogens is 6. The second-order valence-corrected chi connectivity index (χ2v) is 13.5. The van der Waals surface area contributed by atoms with Gasteiger partial charge in [-0.3, -0.25) is 14.4 Å². The summed E-state index contributed by atoms with van der Waals surface area (Å²) in [5, 5.41) is 17.3. The number of nitrogens with one attached hydrogen (secondary N) is 1. The summed E-state index contributed by atoms with van der Waals surface area (Å²) in [6.45, 7) is 3.83. The van der Waals surface area contributed by atoms with Crippen LogP contribution in [-0.4, -0.2) is 90.3 Å². The molecule has 2 N–H and O–H groups in total. The monoisotopic (exact) mass is 765 g/mol. The Morgan fingerprint density at radius 1 is 1.06 bits per heavy atom. The number of piperazine rings is 1. The number of hydrogen-bond acceptors (Lipinski definition) is 10. The molecule has 0 spiro atoms. The number of nitrogens with zero attached hydrogens (tertiary/aromatic N) is 8. The maximum absolute atomic E-state index is 14.4. The number of anilines is 2. The average molecular weight is 766 g/mol. The summed E-state index contributed by atoms with van der Waals surface area (Å²) in [7, 11) is 1.67. The van der Waals surface area contributed by atoms with Crippen LogP contribution in [-0.2, 0) is 41.5 Å². The topological polar surface area (TPSA) is 160 Å². The van der Waals surface area contributed by atoms with Gasteiger partial charge in [-0.2, -0.15) is 22.7 Å². The maximum Gasteiger partial charge on any atom is 0.416 e. The van der Waals surface area contributed by atoms with E-state index < -0.39 is 29.1 Å². The lowest BCUT2D eigenvalue weighted by atomic mass is 10.1. The van der Waals surface area contributed by atoms with Gasteiger partial charge in [-0.1, -0.05) is 30.7 Å². The molecule has 1 saturated heterocycles. The third-order valence-electron chi connectivity index (χ3n) is 9.82. The normalized spacial score (nSPS) is 15.9. The van der Waals surface area contributed by atoms with Gasteiger partial charge < -0.3 is 29.5 Å². The number of hydrogen-bond donors (Lipinski definition) is 2. The number of carbonyl (C=O) groups excluding carboxylic acids is 2. The highest BCUT2D eigenvalue weighted by Gasteiger charge is 2.33. The lowest BCUT2D eigenvalue weighted by Crippen LogP contribution is -2.51. The fourth-order valence-corrected chi connectivity index (χ4v) is 7.20. The Morgan fingerprint density at radius 2 is 1.80 bits per heavy atom. The molecule has 1 aliphatic carbocycles. The van der Waals surface area contributed by atoms with Crippen molar-refractivity contribution in [3.05, 3.63) is 91.9 Å². The summed E-state index contributed by atoms with van der Waals surface area (Å²) in [5.74, 6) is -1.07. The summed E-state index contributed by atoms with van der Waals surface area (Å²) in [5.41, 5.74) is 2.29. The number of carbonyl (C=O) groups is 2. The molecule has 18 heteroatoms. The minimum atomic E-state index is -4.62. The van der Waals surface area contributed by atoms with Crippen LogP contribution in [0, 0.1) is 6.92 Å². The quantitative estimate of drug-likeness (QED) is 0.233. The van der Waals surface area contributed by atoms with Crippen LogP contribution in [0.2, 0.25) is 5.02 Å². The van der Waals surface area contributed by atoms with Crippen LogP contribution >= 0.6 is 11.6 Å². The number of aryl methyl sites for hydroxylation is 1. The molecule has 2 aliphatic rings. The Labute approximate surface area is 311 Å². The number of halogens is 4. The number of rotatable bonds is 8. The second kappa shape index (κ2) is 14.4. The molecule has 1 fully saturated rings. The van der Waals surface area contributed by atoms with Crippen LogP contribution in [0.1, 0.15) is 45.5 Å². The molecule has 4 heterocycles. The van der Waals surface area contributed by atoms with Crippen molar-refractivity contribution in [1.29, 1.82) is 0 Å². The molecule has 0 saturated carbocycles. The summed E-state index contributed by atoms with van der Waals surface area (Å²) in [6, 6.07) is 8.45. The van der Waals surface area contributed by atoms with Gasteiger partial charge in [0.15, 0.2) is 17.3 Å². The molecule has 3 aromatic heterocycles. The first-order valence-corrected chi connectivity index (χ1v) is 17.5. The van der Waals surface area contributed by atoms with Crippen molar-refractivity contribution < 1.29 is 32.6 Å². The average Bonchev–Trinajstić information content (AvgIpc) is 3.79. The number of aromatic hydroxyl groups is 1. The number of benzene rings is 2. The SMILES string of the molecule is CCc1c(N2CCN(C(=O)c3ncnc(C)c3O)CC2)c(=O)n2nc(-c3ccc4c(c3)CC(OC)C4)nc2n1CC(=O)Nc1ccc(C(F)(F)F)cc1Cl. The van der Waals surface area contributed by atoms with E-state index in [9.17, 15) is 32.7 Å². The number of fused-ring (bicyclic) bond motifs is 2. The first-order chi connectivity index (χ1) is 25.8. The fourth-order valence-electron chi connectivity index (χ4n) is 6.97. The first-order valence-electron chi connectivity index (χ1n) is 17.2. The standard InChI is InChI=1S/C36H35ClF3N9O5/c1-4-27-30(46-9-11-47(12-10-46)33(52)29-31(51)19(2)41-18-42-29)34(53)49-35(44-32(45-49)21-6-5-20-14-24(54-3)15-22(20)13-21)48(27)17-28(50)43-26-8-7-23(16-25(26)37)36(38,39)40/h5-8,13,16,18,24,51H,4,9-12,14-15,17H2,1-3H3,(H,43,50). The van der Waals surface area contributed by atoms with Gasteiger partial charge in [0.1, 0.15) is 18.6 Å². The summed E-state index contributed by atoms with van der Waals surface area (Å²) in [6.07, 6.45) is -1.60. The van der Waals surface area contributed by atoms with Gasteiger partial charge in [-0.05, 0) is 61.6 Å². The molecule has 54 heavy (non-hydrogen) atoms. The summed E-state index contributed by atoms with van der Waals surface area (Å²) >= 11 is 6.15. The molecule has 5 aromatic rings. The van der Waals surface area contributed by atoms with E-state index in [0.717, 1.165) is 40.3 Å². The van der Waals surface area contributed by atoms with E-state index in [0.29, 0.717) is 17.7 Å². The number of methoxy groups -OCH3 is 1. The highest BCUT2D eigenvalue weighted by Crippen LogP contribution is 2.34. The van der Waals surface area contributed by atoms with E-state index in [-0.39, 0.29) is 90.4 Å². The first kappa shape index (κ1) is 36.8. The van der Waals surface area contributed by atoms with Gasteiger partial charge in [0, 0.05) is 38.9 Å². The zero-order valence-corrected chi connectivity index (χ0v) is 30.2. The van der Waals surface area contributed by atoms with Gasteiger partial charge in [-0.25, -0.2) is 9.97 Å². The van der Waals surface area contributed by atoms with E-state index >= 15 is 0 Å². The van der Waals surface area contributed by atoms with Crippen LogP contribution in [0.15, 0.2) is 47.5 Å². The number of alkyl halides is 3. The Hall–Kier alpha value is -5.55.